The van der Waals surface area contributed by atoms with Crippen LogP contribution in [0.25, 0.3) is 0 Å². The Bertz CT molecular complexity index is 1250. The molecule has 0 aromatic rings. The van der Waals surface area contributed by atoms with E-state index in [-0.39, 0.29) is 18.5 Å². The SMILES string of the molecule is CCC/C=C\C/C=C\CCCCCCCC(=O)OCCCCCCCCCCCCCCCCCCCCCCCCCCCCCCCCCCCC(=O)NC(CO)C(O)/C=C/CCCCCCCCCCCCCC. The second-order valence-electron chi connectivity index (χ2n) is 23.9. The number of rotatable bonds is 65. The zero-order valence-electron chi connectivity index (χ0n) is 52.0. The Balaban J connectivity index is 3.33. The molecule has 2 unspecified atom stereocenters. The third-order valence-electron chi connectivity index (χ3n) is 16.1. The summed E-state index contributed by atoms with van der Waals surface area (Å²) < 4.78 is 5.48. The number of esters is 1. The third-order valence-corrected chi connectivity index (χ3v) is 16.1. The quantitative estimate of drug-likeness (QED) is 0.0320. The number of hydrogen-bond acceptors (Lipinski definition) is 5. The Morgan fingerprint density at radius 1 is 0.364 bits per heavy atom. The van der Waals surface area contributed by atoms with Crippen LogP contribution >= 0.6 is 0 Å². The van der Waals surface area contributed by atoms with E-state index in [1.54, 1.807) is 6.08 Å². The van der Waals surface area contributed by atoms with Gasteiger partial charge in [0.25, 0.3) is 0 Å². The van der Waals surface area contributed by atoms with E-state index in [2.05, 4.69) is 43.5 Å². The van der Waals surface area contributed by atoms with Crippen molar-refractivity contribution in [2.75, 3.05) is 13.2 Å². The van der Waals surface area contributed by atoms with E-state index in [0.717, 1.165) is 51.4 Å². The first-order chi connectivity index (χ1) is 38.0. The van der Waals surface area contributed by atoms with Crippen LogP contribution in [-0.2, 0) is 14.3 Å². The Morgan fingerprint density at radius 2 is 0.675 bits per heavy atom. The number of unbranched alkanes of at least 4 members (excludes halogenated alkanes) is 50. The van der Waals surface area contributed by atoms with Gasteiger partial charge in [0, 0.05) is 12.8 Å². The van der Waals surface area contributed by atoms with Crippen LogP contribution in [0.2, 0.25) is 0 Å². The van der Waals surface area contributed by atoms with Gasteiger partial charge in [0.15, 0.2) is 0 Å². The van der Waals surface area contributed by atoms with Crippen molar-refractivity contribution >= 4 is 11.9 Å². The largest absolute Gasteiger partial charge is 0.466 e. The summed E-state index contributed by atoms with van der Waals surface area (Å²) >= 11 is 0. The minimum atomic E-state index is -0.840. The molecule has 0 spiro atoms. The molecule has 3 N–H and O–H groups in total. The van der Waals surface area contributed by atoms with Crippen molar-refractivity contribution in [2.45, 2.75) is 392 Å². The molecule has 77 heavy (non-hydrogen) atoms. The number of ether oxygens (including phenoxy) is 1. The van der Waals surface area contributed by atoms with Crippen LogP contribution in [0.15, 0.2) is 36.5 Å². The molecule has 1 amide bonds. The molecule has 454 valence electrons. The molecule has 0 aromatic heterocycles. The molecule has 0 aliphatic carbocycles. The van der Waals surface area contributed by atoms with Gasteiger partial charge in [0.2, 0.25) is 5.91 Å². The van der Waals surface area contributed by atoms with Crippen molar-refractivity contribution in [3.63, 3.8) is 0 Å². The van der Waals surface area contributed by atoms with Crippen molar-refractivity contribution in [2.24, 2.45) is 0 Å². The summed E-state index contributed by atoms with van der Waals surface area (Å²) in [6.07, 6.45) is 85.2. The van der Waals surface area contributed by atoms with E-state index in [4.69, 9.17) is 4.74 Å². The summed E-state index contributed by atoms with van der Waals surface area (Å²) in [5, 5.41) is 23.1. The first-order valence-electron chi connectivity index (χ1n) is 34.8. The molecule has 2 atom stereocenters. The molecule has 0 bridgehead atoms. The average molecular weight is 1080 g/mol. The number of carbonyl (C=O) groups is 2. The molecule has 0 aliphatic heterocycles. The Labute approximate surface area is 481 Å². The fraction of sp³-hybridized carbons (Fsp3) is 0.887. The van der Waals surface area contributed by atoms with Gasteiger partial charge >= 0.3 is 5.97 Å². The summed E-state index contributed by atoms with van der Waals surface area (Å²) in [4.78, 5) is 24.5. The smallest absolute Gasteiger partial charge is 0.305 e. The third kappa shape index (κ3) is 63.1. The summed E-state index contributed by atoms with van der Waals surface area (Å²) in [6.45, 7) is 4.86. The zero-order valence-corrected chi connectivity index (χ0v) is 52.0. The van der Waals surface area contributed by atoms with E-state index in [9.17, 15) is 19.8 Å². The molecule has 0 rings (SSSR count). The molecule has 6 heteroatoms. The van der Waals surface area contributed by atoms with Gasteiger partial charge in [-0.15, -0.1) is 0 Å². The summed E-state index contributed by atoms with van der Waals surface area (Å²) in [7, 11) is 0. The lowest BCUT2D eigenvalue weighted by Crippen LogP contribution is -2.45. The minimum absolute atomic E-state index is 0.00616. The first kappa shape index (κ1) is 75.1. The summed E-state index contributed by atoms with van der Waals surface area (Å²) in [5.74, 6) is -0.0554. The predicted octanol–water partition coefficient (Wildman–Crippen LogP) is 22.3. The number of amides is 1. The highest BCUT2D eigenvalue weighted by Crippen LogP contribution is 2.19. The van der Waals surface area contributed by atoms with Gasteiger partial charge in [-0.3, -0.25) is 9.59 Å². The van der Waals surface area contributed by atoms with Crippen LogP contribution < -0.4 is 5.32 Å². The van der Waals surface area contributed by atoms with Crippen LogP contribution in [0.1, 0.15) is 380 Å². The number of hydrogen-bond donors (Lipinski definition) is 3. The van der Waals surface area contributed by atoms with Gasteiger partial charge in [-0.25, -0.2) is 0 Å². The van der Waals surface area contributed by atoms with E-state index in [1.165, 1.54) is 302 Å². The van der Waals surface area contributed by atoms with E-state index in [1.807, 2.05) is 6.08 Å². The lowest BCUT2D eigenvalue weighted by Gasteiger charge is -2.20. The number of aliphatic hydroxyl groups is 2. The van der Waals surface area contributed by atoms with Crippen LogP contribution in [-0.4, -0.2) is 47.4 Å². The van der Waals surface area contributed by atoms with Crippen LogP contribution in [0.4, 0.5) is 0 Å². The van der Waals surface area contributed by atoms with Gasteiger partial charge in [-0.2, -0.15) is 0 Å². The van der Waals surface area contributed by atoms with Gasteiger partial charge < -0.3 is 20.3 Å². The summed E-state index contributed by atoms with van der Waals surface area (Å²) in [6, 6.07) is -0.623. The molecular weight excluding hydrogens is 947 g/mol. The fourth-order valence-corrected chi connectivity index (χ4v) is 10.9. The highest BCUT2D eigenvalue weighted by Gasteiger charge is 2.18. The van der Waals surface area contributed by atoms with Crippen molar-refractivity contribution in [3.8, 4) is 0 Å². The topological polar surface area (TPSA) is 95.9 Å². The monoisotopic (exact) mass is 1080 g/mol. The zero-order chi connectivity index (χ0) is 55.7. The van der Waals surface area contributed by atoms with Crippen molar-refractivity contribution in [1.29, 1.82) is 0 Å². The predicted molar refractivity (Wildman–Crippen MR) is 338 cm³/mol. The van der Waals surface area contributed by atoms with E-state index >= 15 is 0 Å². The normalized spacial score (nSPS) is 12.7. The molecule has 0 radical (unpaired) electrons. The lowest BCUT2D eigenvalue weighted by molar-refractivity contribution is -0.143. The van der Waals surface area contributed by atoms with Crippen LogP contribution in [0.5, 0.6) is 0 Å². The molecule has 0 heterocycles. The highest BCUT2D eigenvalue weighted by molar-refractivity contribution is 5.76. The molecule has 0 saturated carbocycles. The Kier molecular flexibility index (Phi) is 64.9. The molecule has 0 saturated heterocycles. The maximum Gasteiger partial charge on any atom is 0.305 e. The lowest BCUT2D eigenvalue weighted by atomic mass is 10.0. The van der Waals surface area contributed by atoms with Crippen LogP contribution in [0, 0.1) is 0 Å². The van der Waals surface area contributed by atoms with Gasteiger partial charge in [0.05, 0.1) is 25.4 Å². The summed E-state index contributed by atoms with van der Waals surface area (Å²) in [5.41, 5.74) is 0. The minimum Gasteiger partial charge on any atom is -0.466 e. The molecule has 0 fully saturated rings. The molecule has 6 nitrogen and oxygen atoms in total. The number of allylic oxidation sites excluding steroid dienone is 5. The average Bonchev–Trinajstić information content (AvgIpc) is 3.43. The number of carbonyl (C=O) groups excluding carboxylic acids is 2. The Morgan fingerprint density at radius 3 is 1.04 bits per heavy atom. The first-order valence-corrected chi connectivity index (χ1v) is 34.8. The van der Waals surface area contributed by atoms with Crippen molar-refractivity contribution < 1.29 is 24.5 Å². The second kappa shape index (κ2) is 66.6. The van der Waals surface area contributed by atoms with Crippen molar-refractivity contribution in [1.82, 2.24) is 5.32 Å². The highest BCUT2D eigenvalue weighted by atomic mass is 16.5. The van der Waals surface area contributed by atoms with Gasteiger partial charge in [-0.1, -0.05) is 346 Å². The molecule has 0 aromatic carbocycles. The number of aliphatic hydroxyl groups excluding tert-OH is 2. The van der Waals surface area contributed by atoms with E-state index < -0.39 is 12.1 Å². The van der Waals surface area contributed by atoms with Gasteiger partial charge in [0.1, 0.15) is 0 Å². The number of nitrogens with one attached hydrogen (secondary N) is 1. The molecule has 0 aliphatic rings. The van der Waals surface area contributed by atoms with E-state index in [0.29, 0.717) is 19.4 Å². The van der Waals surface area contributed by atoms with Crippen LogP contribution in [0.3, 0.4) is 0 Å². The maximum absolute atomic E-state index is 12.5. The van der Waals surface area contributed by atoms with Gasteiger partial charge in [-0.05, 0) is 57.8 Å². The Hall–Kier alpha value is -1.92. The standard InChI is InChI=1S/C71H135NO5/c1-3-5-7-9-11-13-15-17-40-43-47-51-55-59-63-69(74)68(67-73)72-70(75)64-60-56-52-48-44-41-37-35-33-31-29-27-25-23-21-19-18-20-22-24-26-28-30-32-34-36-38-42-46-50-54-58-62-66-77-71(76)65-61-57-53-49-45-39-16-14-12-10-8-6-4-2/h8,10,14,16,59,63,68-69,73-74H,3-7,9,11-13,15,17-58,60-62,64-67H2,1-2H3,(H,72,75)/b10-8-,16-14-,63-59+. The maximum atomic E-state index is 12.5. The second-order valence-corrected chi connectivity index (χ2v) is 23.9. The molecular formula is C71H135NO5. The van der Waals surface area contributed by atoms with Crippen molar-refractivity contribution in [3.05, 3.63) is 36.5 Å². The fourth-order valence-electron chi connectivity index (χ4n) is 10.9.